The van der Waals surface area contributed by atoms with Crippen LogP contribution in [0.15, 0.2) is 36.7 Å². The summed E-state index contributed by atoms with van der Waals surface area (Å²) >= 11 is 5.93. The number of benzene rings is 1. The fourth-order valence-electron chi connectivity index (χ4n) is 1.38. The summed E-state index contributed by atoms with van der Waals surface area (Å²) in [5.41, 5.74) is 6.43. The second-order valence-corrected chi connectivity index (χ2v) is 3.93. The number of halogens is 2. The van der Waals surface area contributed by atoms with Gasteiger partial charge in [0.05, 0.1) is 28.2 Å². The van der Waals surface area contributed by atoms with Crippen molar-refractivity contribution in [3.8, 4) is 0 Å². The molecule has 0 spiro atoms. The first kappa shape index (κ1) is 12.3. The van der Waals surface area contributed by atoms with Gasteiger partial charge in [0.15, 0.2) is 0 Å². The van der Waals surface area contributed by atoms with E-state index >= 15 is 0 Å². The van der Waals surface area contributed by atoms with E-state index in [4.69, 9.17) is 17.3 Å². The van der Waals surface area contributed by atoms with Crippen molar-refractivity contribution < 1.29 is 9.18 Å². The van der Waals surface area contributed by atoms with Gasteiger partial charge in [-0.25, -0.2) is 4.39 Å². The molecule has 3 N–H and O–H groups in total. The van der Waals surface area contributed by atoms with Crippen LogP contribution in [0.5, 0.6) is 0 Å². The fourth-order valence-corrected chi connectivity index (χ4v) is 1.55. The number of rotatable bonds is 2. The molecule has 92 valence electrons. The van der Waals surface area contributed by atoms with Crippen molar-refractivity contribution in [2.75, 3.05) is 11.1 Å². The molecule has 0 bridgehead atoms. The number of aromatic nitrogens is 1. The Hall–Kier alpha value is -2.14. The Balaban J connectivity index is 2.24. The van der Waals surface area contributed by atoms with Gasteiger partial charge < -0.3 is 11.1 Å². The lowest BCUT2D eigenvalue weighted by Crippen LogP contribution is -2.13. The largest absolute Gasteiger partial charge is 0.397 e. The first-order valence-electron chi connectivity index (χ1n) is 5.04. The number of carbonyl (C=O) groups is 1. The van der Waals surface area contributed by atoms with Crippen LogP contribution in [0.3, 0.4) is 0 Å². The summed E-state index contributed by atoms with van der Waals surface area (Å²) in [6.07, 6.45) is 2.28. The highest BCUT2D eigenvalue weighted by atomic mass is 35.5. The Bertz CT molecular complexity index is 604. The minimum Gasteiger partial charge on any atom is -0.397 e. The number of pyridine rings is 1. The number of hydrogen-bond donors (Lipinski definition) is 2. The van der Waals surface area contributed by atoms with Crippen LogP contribution >= 0.6 is 11.6 Å². The van der Waals surface area contributed by atoms with E-state index in [1.807, 2.05) is 0 Å². The zero-order valence-electron chi connectivity index (χ0n) is 9.15. The molecule has 4 nitrogen and oxygen atoms in total. The number of nitrogens with one attached hydrogen (secondary N) is 1. The average Bonchev–Trinajstić information content (AvgIpc) is 2.35. The molecule has 0 aliphatic carbocycles. The van der Waals surface area contributed by atoms with Gasteiger partial charge in [0.2, 0.25) is 0 Å². The number of amides is 1. The third-order valence-electron chi connectivity index (χ3n) is 2.24. The third-order valence-corrected chi connectivity index (χ3v) is 2.67. The van der Waals surface area contributed by atoms with Crippen molar-refractivity contribution in [1.82, 2.24) is 4.98 Å². The average molecular weight is 266 g/mol. The molecule has 1 aromatic heterocycles. The summed E-state index contributed by atoms with van der Waals surface area (Å²) in [6, 6.07) is 5.95. The van der Waals surface area contributed by atoms with E-state index in [0.29, 0.717) is 11.4 Å². The van der Waals surface area contributed by atoms with Gasteiger partial charge in [0.25, 0.3) is 5.91 Å². The molecule has 0 fully saturated rings. The number of nitrogen functional groups attached to an aromatic ring is 1. The Morgan fingerprint density at radius 1 is 1.39 bits per heavy atom. The molecule has 2 aromatic rings. The van der Waals surface area contributed by atoms with E-state index in [9.17, 15) is 9.18 Å². The zero-order valence-corrected chi connectivity index (χ0v) is 9.91. The van der Waals surface area contributed by atoms with Crippen LogP contribution in [0.4, 0.5) is 15.8 Å². The lowest BCUT2D eigenvalue weighted by atomic mass is 10.2. The van der Waals surface area contributed by atoms with Gasteiger partial charge in [0.1, 0.15) is 5.82 Å². The summed E-state index contributed by atoms with van der Waals surface area (Å²) in [7, 11) is 0. The molecule has 0 saturated heterocycles. The van der Waals surface area contributed by atoms with E-state index in [-0.39, 0.29) is 10.6 Å². The van der Waals surface area contributed by atoms with Crippen LogP contribution < -0.4 is 11.1 Å². The highest BCUT2D eigenvalue weighted by Crippen LogP contribution is 2.27. The lowest BCUT2D eigenvalue weighted by Gasteiger charge is -2.08. The summed E-state index contributed by atoms with van der Waals surface area (Å²) in [6.45, 7) is 0. The Morgan fingerprint density at radius 3 is 2.89 bits per heavy atom. The first-order chi connectivity index (χ1) is 8.58. The van der Waals surface area contributed by atoms with Gasteiger partial charge in [-0.05, 0) is 18.2 Å². The van der Waals surface area contributed by atoms with Crippen LogP contribution in [0.25, 0.3) is 0 Å². The number of carbonyl (C=O) groups excluding carboxylic acids is 1. The lowest BCUT2D eigenvalue weighted by molar-refractivity contribution is 0.102. The number of anilines is 2. The third kappa shape index (κ3) is 2.57. The molecule has 1 amide bonds. The molecule has 0 unspecified atom stereocenters. The SMILES string of the molecule is Nc1cccc(NC(=O)c2cncc(F)c2)c1Cl. The molecule has 0 saturated carbocycles. The van der Waals surface area contributed by atoms with Crippen LogP contribution in [-0.2, 0) is 0 Å². The van der Waals surface area contributed by atoms with Crippen molar-refractivity contribution in [3.05, 3.63) is 53.1 Å². The van der Waals surface area contributed by atoms with E-state index in [1.54, 1.807) is 18.2 Å². The quantitative estimate of drug-likeness (QED) is 0.821. The normalized spacial score (nSPS) is 10.1. The molecular formula is C12H9ClFN3O. The minimum atomic E-state index is -0.582. The van der Waals surface area contributed by atoms with Gasteiger partial charge in [-0.2, -0.15) is 0 Å². The molecule has 2 rings (SSSR count). The Kier molecular flexibility index (Phi) is 3.43. The van der Waals surface area contributed by atoms with E-state index in [1.165, 1.54) is 6.20 Å². The van der Waals surface area contributed by atoms with Crippen molar-refractivity contribution in [2.24, 2.45) is 0 Å². The topological polar surface area (TPSA) is 68.0 Å². The monoisotopic (exact) mass is 265 g/mol. The molecule has 0 radical (unpaired) electrons. The molecule has 1 aromatic carbocycles. The Labute approximate surface area is 108 Å². The van der Waals surface area contributed by atoms with Crippen LogP contribution in [0, 0.1) is 5.82 Å². The molecule has 1 heterocycles. The summed E-state index contributed by atoms with van der Waals surface area (Å²) in [5.74, 6) is -1.09. The van der Waals surface area contributed by atoms with Crippen molar-refractivity contribution in [2.45, 2.75) is 0 Å². The summed E-state index contributed by atoms with van der Waals surface area (Å²) in [4.78, 5) is 15.4. The second-order valence-electron chi connectivity index (χ2n) is 3.55. The highest BCUT2D eigenvalue weighted by molar-refractivity contribution is 6.36. The van der Waals surface area contributed by atoms with Gasteiger partial charge in [-0.15, -0.1) is 0 Å². The van der Waals surface area contributed by atoms with Crippen LogP contribution in [-0.4, -0.2) is 10.9 Å². The number of hydrogen-bond acceptors (Lipinski definition) is 3. The van der Waals surface area contributed by atoms with Gasteiger partial charge in [-0.3, -0.25) is 9.78 Å². The van der Waals surface area contributed by atoms with Gasteiger partial charge in [-0.1, -0.05) is 17.7 Å². The van der Waals surface area contributed by atoms with Crippen molar-refractivity contribution in [1.29, 1.82) is 0 Å². The van der Waals surface area contributed by atoms with Gasteiger partial charge in [0, 0.05) is 6.20 Å². The standard InChI is InChI=1S/C12H9ClFN3O/c13-11-9(15)2-1-3-10(11)17-12(18)7-4-8(14)6-16-5-7/h1-6H,15H2,(H,17,18). The molecule has 0 aliphatic rings. The van der Waals surface area contributed by atoms with Crippen molar-refractivity contribution in [3.63, 3.8) is 0 Å². The molecular weight excluding hydrogens is 257 g/mol. The predicted molar refractivity (Wildman–Crippen MR) is 68.0 cm³/mol. The molecule has 18 heavy (non-hydrogen) atoms. The number of nitrogens with two attached hydrogens (primary N) is 1. The maximum absolute atomic E-state index is 12.9. The summed E-state index contributed by atoms with van der Waals surface area (Å²) in [5, 5.41) is 2.78. The smallest absolute Gasteiger partial charge is 0.257 e. The maximum Gasteiger partial charge on any atom is 0.257 e. The second kappa shape index (κ2) is 5.01. The van der Waals surface area contributed by atoms with Crippen LogP contribution in [0.2, 0.25) is 5.02 Å². The van der Waals surface area contributed by atoms with Gasteiger partial charge >= 0.3 is 0 Å². The van der Waals surface area contributed by atoms with Crippen LogP contribution in [0.1, 0.15) is 10.4 Å². The van der Waals surface area contributed by atoms with E-state index < -0.39 is 11.7 Å². The van der Waals surface area contributed by atoms with E-state index in [0.717, 1.165) is 12.3 Å². The summed E-state index contributed by atoms with van der Waals surface area (Å²) < 4.78 is 12.9. The minimum absolute atomic E-state index is 0.105. The molecule has 6 heteroatoms. The number of nitrogens with zero attached hydrogens (tertiary/aromatic N) is 1. The highest BCUT2D eigenvalue weighted by Gasteiger charge is 2.10. The first-order valence-corrected chi connectivity index (χ1v) is 5.41. The zero-order chi connectivity index (χ0) is 13.1. The Morgan fingerprint density at radius 2 is 2.17 bits per heavy atom. The molecule has 0 aliphatic heterocycles. The maximum atomic E-state index is 12.9. The van der Waals surface area contributed by atoms with Crippen molar-refractivity contribution >= 4 is 28.9 Å². The predicted octanol–water partition coefficient (Wildman–Crippen LogP) is 2.71. The molecule has 0 atom stereocenters. The fraction of sp³-hybridized carbons (Fsp3) is 0. The van der Waals surface area contributed by atoms with E-state index in [2.05, 4.69) is 10.3 Å².